The smallest absolute Gasteiger partial charge is 0.387 e. The summed E-state index contributed by atoms with van der Waals surface area (Å²) in [6.07, 6.45) is 1.71. The van der Waals surface area contributed by atoms with Crippen LogP contribution < -0.4 is 15.2 Å². The van der Waals surface area contributed by atoms with Crippen molar-refractivity contribution in [1.29, 1.82) is 0 Å². The zero-order valence-electron chi connectivity index (χ0n) is 9.38. The Labute approximate surface area is 97.3 Å². The van der Waals surface area contributed by atoms with Gasteiger partial charge in [0.05, 0.1) is 12.3 Å². The Bertz CT molecular complexity index is 372. The number of hydrogen-bond acceptors (Lipinski definition) is 3. The van der Waals surface area contributed by atoms with Crippen molar-refractivity contribution in [1.82, 2.24) is 0 Å². The van der Waals surface area contributed by atoms with Gasteiger partial charge in [0.25, 0.3) is 0 Å². The van der Waals surface area contributed by atoms with Gasteiger partial charge in [-0.1, -0.05) is 13.3 Å². The standard InChI is InChI=1S/C11H14F3NO2/c1-2-3-4-16-10-6-9(17-11(13)14)7(12)5-8(10)15/h5-6,11H,2-4,15H2,1H3. The van der Waals surface area contributed by atoms with Gasteiger partial charge in [-0.15, -0.1) is 0 Å². The molecule has 0 heterocycles. The predicted molar refractivity (Wildman–Crippen MR) is 57.8 cm³/mol. The first-order chi connectivity index (χ1) is 8.04. The number of nitrogen functional groups attached to an aromatic ring is 1. The highest BCUT2D eigenvalue weighted by atomic mass is 19.3. The molecule has 96 valence electrons. The van der Waals surface area contributed by atoms with Crippen molar-refractivity contribution < 1.29 is 22.6 Å². The Kier molecular flexibility index (Phi) is 4.93. The maximum atomic E-state index is 13.2. The maximum absolute atomic E-state index is 13.2. The van der Waals surface area contributed by atoms with Gasteiger partial charge >= 0.3 is 6.61 Å². The molecule has 0 radical (unpaired) electrons. The van der Waals surface area contributed by atoms with Crippen LogP contribution >= 0.6 is 0 Å². The van der Waals surface area contributed by atoms with Crippen LogP contribution in [0, 0.1) is 5.82 Å². The molecule has 1 rings (SSSR count). The van der Waals surface area contributed by atoms with E-state index in [1.54, 1.807) is 0 Å². The molecule has 0 saturated heterocycles. The molecule has 6 heteroatoms. The van der Waals surface area contributed by atoms with Crippen LogP contribution in [-0.2, 0) is 0 Å². The van der Waals surface area contributed by atoms with E-state index in [4.69, 9.17) is 10.5 Å². The first kappa shape index (κ1) is 13.5. The zero-order chi connectivity index (χ0) is 12.8. The van der Waals surface area contributed by atoms with E-state index in [-0.39, 0.29) is 11.4 Å². The largest absolute Gasteiger partial charge is 0.491 e. The molecule has 1 aromatic carbocycles. The molecule has 0 aromatic heterocycles. The van der Waals surface area contributed by atoms with Crippen LogP contribution in [0.3, 0.4) is 0 Å². The van der Waals surface area contributed by atoms with Crippen LogP contribution in [-0.4, -0.2) is 13.2 Å². The van der Waals surface area contributed by atoms with Gasteiger partial charge in [-0.25, -0.2) is 4.39 Å². The maximum Gasteiger partial charge on any atom is 0.387 e. The van der Waals surface area contributed by atoms with Crippen molar-refractivity contribution in [3.8, 4) is 11.5 Å². The molecule has 3 nitrogen and oxygen atoms in total. The van der Waals surface area contributed by atoms with Crippen molar-refractivity contribution >= 4 is 5.69 Å². The molecule has 2 N–H and O–H groups in total. The van der Waals surface area contributed by atoms with Gasteiger partial charge < -0.3 is 15.2 Å². The number of halogens is 3. The van der Waals surface area contributed by atoms with Gasteiger partial charge in [0.1, 0.15) is 5.75 Å². The van der Waals surface area contributed by atoms with Crippen molar-refractivity contribution in [2.45, 2.75) is 26.4 Å². The first-order valence-electron chi connectivity index (χ1n) is 5.21. The molecule has 17 heavy (non-hydrogen) atoms. The molecule has 1 aromatic rings. The van der Waals surface area contributed by atoms with E-state index in [1.165, 1.54) is 0 Å². The minimum atomic E-state index is -3.09. The third-order valence-corrected chi connectivity index (χ3v) is 2.04. The summed E-state index contributed by atoms with van der Waals surface area (Å²) < 4.78 is 46.4. The summed E-state index contributed by atoms with van der Waals surface area (Å²) in [5.41, 5.74) is 5.55. The number of anilines is 1. The average molecular weight is 249 g/mol. The number of ether oxygens (including phenoxy) is 2. The minimum absolute atomic E-state index is 0.0558. The van der Waals surface area contributed by atoms with Crippen molar-refractivity contribution in [2.75, 3.05) is 12.3 Å². The van der Waals surface area contributed by atoms with Crippen LogP contribution in [0.25, 0.3) is 0 Å². The normalized spacial score (nSPS) is 10.6. The Morgan fingerprint density at radius 2 is 2.00 bits per heavy atom. The summed E-state index contributed by atoms with van der Waals surface area (Å²) in [6.45, 7) is -0.722. The summed E-state index contributed by atoms with van der Waals surface area (Å²) in [4.78, 5) is 0. The van der Waals surface area contributed by atoms with Crippen LogP contribution in [0.5, 0.6) is 11.5 Å². The summed E-state index contributed by atoms with van der Waals surface area (Å²) in [6, 6.07) is 1.94. The van der Waals surface area contributed by atoms with E-state index >= 15 is 0 Å². The van der Waals surface area contributed by atoms with E-state index in [0.717, 1.165) is 25.0 Å². The highest BCUT2D eigenvalue weighted by Crippen LogP contribution is 2.31. The van der Waals surface area contributed by atoms with Gasteiger partial charge in [-0.3, -0.25) is 0 Å². The Morgan fingerprint density at radius 1 is 1.29 bits per heavy atom. The fourth-order valence-corrected chi connectivity index (χ4v) is 1.19. The number of rotatable bonds is 6. The minimum Gasteiger partial charge on any atom is -0.491 e. The van der Waals surface area contributed by atoms with E-state index in [1.807, 2.05) is 6.92 Å². The number of benzene rings is 1. The summed E-state index contributed by atoms with van der Waals surface area (Å²) in [5.74, 6) is -1.36. The summed E-state index contributed by atoms with van der Waals surface area (Å²) in [5, 5.41) is 0. The fraction of sp³-hybridized carbons (Fsp3) is 0.455. The van der Waals surface area contributed by atoms with Crippen LogP contribution in [0.15, 0.2) is 12.1 Å². The monoisotopic (exact) mass is 249 g/mol. The lowest BCUT2D eigenvalue weighted by molar-refractivity contribution is -0.0522. The lowest BCUT2D eigenvalue weighted by atomic mass is 10.2. The Hall–Kier alpha value is -1.59. The van der Waals surface area contributed by atoms with Gasteiger partial charge in [0, 0.05) is 12.1 Å². The van der Waals surface area contributed by atoms with Gasteiger partial charge in [-0.2, -0.15) is 8.78 Å². The van der Waals surface area contributed by atoms with Crippen molar-refractivity contribution in [3.05, 3.63) is 17.9 Å². The van der Waals surface area contributed by atoms with E-state index < -0.39 is 18.2 Å². The third-order valence-electron chi connectivity index (χ3n) is 2.04. The fourth-order valence-electron chi connectivity index (χ4n) is 1.19. The zero-order valence-corrected chi connectivity index (χ0v) is 9.38. The molecule has 0 amide bonds. The molecule has 0 bridgehead atoms. The first-order valence-corrected chi connectivity index (χ1v) is 5.21. The van der Waals surface area contributed by atoms with Gasteiger partial charge in [0.2, 0.25) is 0 Å². The molecule has 0 saturated carbocycles. The average Bonchev–Trinajstić information content (AvgIpc) is 2.24. The molecule has 0 unspecified atom stereocenters. The number of unbranched alkanes of at least 4 members (excludes halogenated alkanes) is 1. The highest BCUT2D eigenvalue weighted by Gasteiger charge is 2.13. The van der Waals surface area contributed by atoms with Crippen molar-refractivity contribution in [3.63, 3.8) is 0 Å². The molecule has 0 aliphatic rings. The molecule has 0 spiro atoms. The molecule has 0 aliphatic heterocycles. The lowest BCUT2D eigenvalue weighted by Crippen LogP contribution is -2.06. The number of hydrogen-bond donors (Lipinski definition) is 1. The van der Waals surface area contributed by atoms with Crippen molar-refractivity contribution in [2.24, 2.45) is 0 Å². The SMILES string of the molecule is CCCCOc1cc(OC(F)F)c(F)cc1N. The highest BCUT2D eigenvalue weighted by molar-refractivity contribution is 5.56. The summed E-state index contributed by atoms with van der Waals surface area (Å²) >= 11 is 0. The number of nitrogens with two attached hydrogens (primary N) is 1. The number of alkyl halides is 2. The van der Waals surface area contributed by atoms with Crippen LogP contribution in [0.2, 0.25) is 0 Å². The Morgan fingerprint density at radius 3 is 2.59 bits per heavy atom. The molecule has 0 fully saturated rings. The predicted octanol–water partition coefficient (Wildman–Crippen LogP) is 3.19. The Balaban J connectivity index is 2.82. The quantitative estimate of drug-likeness (QED) is 0.622. The third kappa shape index (κ3) is 4.05. The topological polar surface area (TPSA) is 44.5 Å². The summed E-state index contributed by atoms with van der Waals surface area (Å²) in [7, 11) is 0. The molecular weight excluding hydrogens is 235 g/mol. The lowest BCUT2D eigenvalue weighted by Gasteiger charge is -2.11. The molecule has 0 atom stereocenters. The second kappa shape index (κ2) is 6.22. The van der Waals surface area contributed by atoms with Gasteiger partial charge in [0.15, 0.2) is 11.6 Å². The molecular formula is C11H14F3NO2. The van der Waals surface area contributed by atoms with Gasteiger partial charge in [-0.05, 0) is 6.42 Å². The van der Waals surface area contributed by atoms with E-state index in [9.17, 15) is 13.2 Å². The van der Waals surface area contributed by atoms with E-state index in [0.29, 0.717) is 6.61 Å². The second-order valence-electron chi connectivity index (χ2n) is 3.40. The van der Waals surface area contributed by atoms with E-state index in [2.05, 4.69) is 4.74 Å². The van der Waals surface area contributed by atoms with Crippen LogP contribution in [0.4, 0.5) is 18.9 Å². The second-order valence-corrected chi connectivity index (χ2v) is 3.40. The van der Waals surface area contributed by atoms with Crippen LogP contribution in [0.1, 0.15) is 19.8 Å². The molecule has 0 aliphatic carbocycles.